The lowest BCUT2D eigenvalue weighted by molar-refractivity contribution is 0.0739. The number of carbonyl (C=O) groups is 2. The van der Waals surface area contributed by atoms with Crippen molar-refractivity contribution >= 4 is 46.7 Å². The molecule has 1 aromatic carbocycles. The molecule has 0 radical (unpaired) electrons. The number of nitrogens with two attached hydrogens (primary N) is 2. The molecule has 1 aliphatic rings. The SMILES string of the molecule is CSc1nc(Cl)c(C(N)=O)c(Nc2ccc3c(c2)C(=O)N(N)CC3)n1. The number of nitrogens with zero attached hydrogens (tertiary/aromatic N) is 3. The molecular weight excluding hydrogens is 364 g/mol. The lowest BCUT2D eigenvalue weighted by Crippen LogP contribution is -2.42. The summed E-state index contributed by atoms with van der Waals surface area (Å²) in [4.78, 5) is 32.2. The first-order valence-corrected chi connectivity index (χ1v) is 8.89. The van der Waals surface area contributed by atoms with Crippen LogP contribution in [0.3, 0.4) is 0 Å². The van der Waals surface area contributed by atoms with Crippen LogP contribution in [0.15, 0.2) is 23.4 Å². The van der Waals surface area contributed by atoms with Gasteiger partial charge in [-0.25, -0.2) is 15.8 Å². The Morgan fingerprint density at radius 2 is 2.16 bits per heavy atom. The van der Waals surface area contributed by atoms with E-state index in [1.54, 1.807) is 18.4 Å². The van der Waals surface area contributed by atoms with Crippen LogP contribution in [-0.4, -0.2) is 39.6 Å². The van der Waals surface area contributed by atoms with Crippen molar-refractivity contribution in [3.05, 3.63) is 40.0 Å². The van der Waals surface area contributed by atoms with Crippen molar-refractivity contribution in [3.63, 3.8) is 0 Å². The fourth-order valence-corrected chi connectivity index (χ4v) is 3.20. The summed E-state index contributed by atoms with van der Waals surface area (Å²) in [6.07, 6.45) is 2.47. The minimum atomic E-state index is -0.748. The van der Waals surface area contributed by atoms with Crippen LogP contribution in [-0.2, 0) is 6.42 Å². The molecular formula is C15H15ClN6O2S. The Kier molecular flexibility index (Phi) is 4.80. The summed E-state index contributed by atoms with van der Waals surface area (Å²) in [5, 5.41) is 4.53. The third kappa shape index (κ3) is 3.39. The summed E-state index contributed by atoms with van der Waals surface area (Å²) in [5.74, 6) is 4.86. The van der Waals surface area contributed by atoms with Crippen molar-refractivity contribution in [3.8, 4) is 0 Å². The number of halogens is 1. The molecule has 5 N–H and O–H groups in total. The van der Waals surface area contributed by atoms with Crippen LogP contribution < -0.4 is 16.9 Å². The van der Waals surface area contributed by atoms with Gasteiger partial charge in [0.2, 0.25) is 0 Å². The Hall–Kier alpha value is -2.36. The van der Waals surface area contributed by atoms with Crippen molar-refractivity contribution in [2.45, 2.75) is 11.6 Å². The van der Waals surface area contributed by atoms with Crippen molar-refractivity contribution in [2.24, 2.45) is 11.6 Å². The number of rotatable bonds is 4. The summed E-state index contributed by atoms with van der Waals surface area (Å²) in [5.41, 5.74) is 7.35. The monoisotopic (exact) mass is 378 g/mol. The molecule has 130 valence electrons. The average molecular weight is 379 g/mol. The molecule has 0 bridgehead atoms. The highest BCUT2D eigenvalue weighted by atomic mass is 35.5. The lowest BCUT2D eigenvalue weighted by Gasteiger charge is -2.24. The van der Waals surface area contributed by atoms with Crippen LogP contribution in [0.2, 0.25) is 5.15 Å². The number of benzene rings is 1. The van der Waals surface area contributed by atoms with Crippen LogP contribution in [0.1, 0.15) is 26.3 Å². The Morgan fingerprint density at radius 1 is 1.40 bits per heavy atom. The zero-order valence-corrected chi connectivity index (χ0v) is 14.8. The molecule has 25 heavy (non-hydrogen) atoms. The minimum Gasteiger partial charge on any atom is -0.365 e. The van der Waals surface area contributed by atoms with Crippen LogP contribution in [0, 0.1) is 0 Å². The molecule has 1 aliphatic heterocycles. The van der Waals surface area contributed by atoms with Gasteiger partial charge in [0.15, 0.2) is 5.16 Å². The highest BCUT2D eigenvalue weighted by molar-refractivity contribution is 7.98. The topological polar surface area (TPSA) is 127 Å². The van der Waals surface area contributed by atoms with Gasteiger partial charge in [-0.3, -0.25) is 14.6 Å². The summed E-state index contributed by atoms with van der Waals surface area (Å²) >= 11 is 7.33. The first-order valence-electron chi connectivity index (χ1n) is 7.28. The fourth-order valence-electron chi connectivity index (χ4n) is 2.52. The van der Waals surface area contributed by atoms with Gasteiger partial charge in [-0.1, -0.05) is 29.4 Å². The third-order valence-corrected chi connectivity index (χ3v) is 4.58. The van der Waals surface area contributed by atoms with Crippen LogP contribution in [0.25, 0.3) is 0 Å². The van der Waals surface area contributed by atoms with E-state index in [1.165, 1.54) is 16.8 Å². The smallest absolute Gasteiger partial charge is 0.268 e. The predicted octanol–water partition coefficient (Wildman–Crippen LogP) is 1.57. The zero-order chi connectivity index (χ0) is 18.1. The van der Waals surface area contributed by atoms with Gasteiger partial charge < -0.3 is 11.1 Å². The van der Waals surface area contributed by atoms with Crippen molar-refractivity contribution in [1.29, 1.82) is 0 Å². The van der Waals surface area contributed by atoms with E-state index < -0.39 is 5.91 Å². The Bertz CT molecular complexity index is 875. The second kappa shape index (κ2) is 6.87. The molecule has 3 rings (SSSR count). The molecule has 0 atom stereocenters. The van der Waals surface area contributed by atoms with Gasteiger partial charge in [0.25, 0.3) is 11.8 Å². The lowest BCUT2D eigenvalue weighted by atomic mass is 9.99. The zero-order valence-electron chi connectivity index (χ0n) is 13.2. The largest absolute Gasteiger partial charge is 0.365 e. The van der Waals surface area contributed by atoms with E-state index in [4.69, 9.17) is 23.2 Å². The molecule has 0 unspecified atom stereocenters. The number of hydrogen-bond donors (Lipinski definition) is 3. The molecule has 0 saturated heterocycles. The molecule has 0 fully saturated rings. The number of carbonyl (C=O) groups excluding carboxylic acids is 2. The van der Waals surface area contributed by atoms with Crippen LogP contribution >= 0.6 is 23.4 Å². The first kappa shape index (κ1) is 17.5. The van der Waals surface area contributed by atoms with Crippen molar-refractivity contribution in [2.75, 3.05) is 18.1 Å². The summed E-state index contributed by atoms with van der Waals surface area (Å²) in [7, 11) is 0. The minimum absolute atomic E-state index is 0.0102. The summed E-state index contributed by atoms with van der Waals surface area (Å²) in [6.45, 7) is 0.475. The number of nitrogens with one attached hydrogen (secondary N) is 1. The molecule has 2 amide bonds. The van der Waals surface area contributed by atoms with E-state index in [1.807, 2.05) is 6.07 Å². The number of anilines is 2. The van der Waals surface area contributed by atoms with E-state index in [0.717, 1.165) is 5.56 Å². The van der Waals surface area contributed by atoms with E-state index in [9.17, 15) is 9.59 Å². The van der Waals surface area contributed by atoms with Gasteiger partial charge in [0.1, 0.15) is 16.5 Å². The van der Waals surface area contributed by atoms with Gasteiger partial charge in [-0.15, -0.1) is 0 Å². The van der Waals surface area contributed by atoms with Crippen LogP contribution in [0.4, 0.5) is 11.5 Å². The number of aromatic nitrogens is 2. The van der Waals surface area contributed by atoms with Gasteiger partial charge in [-0.2, -0.15) is 0 Å². The van der Waals surface area contributed by atoms with E-state index >= 15 is 0 Å². The fraction of sp³-hybridized carbons (Fsp3) is 0.200. The standard InChI is InChI=1S/C15H15ClN6O2S/c1-25-15-20-11(16)10(12(17)23)13(21-15)19-8-3-2-7-4-5-22(18)14(24)9(7)6-8/h2-3,6H,4-5,18H2,1H3,(H2,17,23)(H,19,20,21). The quantitative estimate of drug-likeness (QED) is 0.242. The summed E-state index contributed by atoms with van der Waals surface area (Å²) in [6, 6.07) is 5.29. The van der Waals surface area contributed by atoms with E-state index in [0.29, 0.717) is 29.4 Å². The molecule has 0 saturated carbocycles. The molecule has 0 spiro atoms. The average Bonchev–Trinajstić information content (AvgIpc) is 2.57. The molecule has 2 heterocycles. The number of primary amides is 1. The normalized spacial score (nSPS) is 13.6. The number of thioether (sulfide) groups is 1. The third-order valence-electron chi connectivity index (χ3n) is 3.76. The molecule has 0 aliphatic carbocycles. The number of fused-ring (bicyclic) bond motifs is 1. The molecule has 10 heteroatoms. The van der Waals surface area contributed by atoms with Gasteiger partial charge in [0.05, 0.1) is 0 Å². The van der Waals surface area contributed by atoms with Gasteiger partial charge in [0, 0.05) is 17.8 Å². The van der Waals surface area contributed by atoms with Gasteiger partial charge >= 0.3 is 0 Å². The van der Waals surface area contributed by atoms with Gasteiger partial charge in [-0.05, 0) is 30.4 Å². The summed E-state index contributed by atoms with van der Waals surface area (Å²) < 4.78 is 0. The van der Waals surface area contributed by atoms with Crippen molar-refractivity contribution < 1.29 is 9.59 Å². The number of amides is 2. The highest BCUT2D eigenvalue weighted by Gasteiger charge is 2.23. The highest BCUT2D eigenvalue weighted by Crippen LogP contribution is 2.28. The number of hydrogen-bond acceptors (Lipinski definition) is 7. The predicted molar refractivity (Wildman–Crippen MR) is 96.0 cm³/mol. The second-order valence-corrected chi connectivity index (χ2v) is 6.47. The van der Waals surface area contributed by atoms with E-state index in [-0.39, 0.29) is 22.4 Å². The second-order valence-electron chi connectivity index (χ2n) is 5.33. The van der Waals surface area contributed by atoms with E-state index in [2.05, 4.69) is 15.3 Å². The van der Waals surface area contributed by atoms with Crippen LogP contribution in [0.5, 0.6) is 0 Å². The molecule has 1 aromatic heterocycles. The maximum absolute atomic E-state index is 12.2. The molecule has 2 aromatic rings. The maximum Gasteiger partial charge on any atom is 0.268 e. The molecule has 8 nitrogen and oxygen atoms in total. The maximum atomic E-state index is 12.2. The number of hydrazine groups is 1. The first-order chi connectivity index (χ1) is 11.9. The Labute approximate surface area is 152 Å². The Balaban J connectivity index is 2.02. The Morgan fingerprint density at radius 3 is 2.84 bits per heavy atom. The van der Waals surface area contributed by atoms with Crippen molar-refractivity contribution in [1.82, 2.24) is 15.0 Å².